The highest BCUT2D eigenvalue weighted by molar-refractivity contribution is 5.80. The first-order chi connectivity index (χ1) is 21.1. The number of hydrogen-bond donors (Lipinski definition) is 4. The first kappa shape index (κ1) is 41.6. The lowest BCUT2D eigenvalue weighted by Crippen LogP contribution is -2.48. The van der Waals surface area contributed by atoms with E-state index >= 15 is 0 Å². The summed E-state index contributed by atoms with van der Waals surface area (Å²) < 4.78 is 0. The van der Waals surface area contributed by atoms with Crippen molar-refractivity contribution in [1.82, 2.24) is 5.32 Å². The second-order valence-corrected chi connectivity index (χ2v) is 12.4. The van der Waals surface area contributed by atoms with Crippen molar-refractivity contribution in [2.24, 2.45) is 0 Å². The summed E-state index contributed by atoms with van der Waals surface area (Å²) in [5, 5.41) is 32.9. The van der Waals surface area contributed by atoms with Gasteiger partial charge in [0, 0.05) is 0 Å². The van der Waals surface area contributed by atoms with Gasteiger partial charge in [-0.3, -0.25) is 4.79 Å². The topological polar surface area (TPSA) is 89.8 Å². The number of aliphatic hydroxyl groups excluding tert-OH is 3. The minimum Gasteiger partial charge on any atom is -0.394 e. The molecule has 0 aliphatic carbocycles. The van der Waals surface area contributed by atoms with Crippen molar-refractivity contribution in [2.75, 3.05) is 6.61 Å². The number of aliphatic hydroxyl groups is 3. The molecule has 0 bridgehead atoms. The van der Waals surface area contributed by atoms with Gasteiger partial charge in [-0.25, -0.2) is 0 Å². The molecule has 0 saturated heterocycles. The number of carbonyl (C=O) groups excluding carboxylic acids is 1. The molecule has 252 valence electrons. The molecule has 0 heterocycles. The van der Waals surface area contributed by atoms with E-state index in [0.717, 1.165) is 44.9 Å². The van der Waals surface area contributed by atoms with E-state index in [-0.39, 0.29) is 6.61 Å². The Bertz CT molecular complexity index is 675. The first-order valence-electron chi connectivity index (χ1n) is 18.3. The summed E-state index contributed by atoms with van der Waals surface area (Å²) >= 11 is 0. The van der Waals surface area contributed by atoms with Gasteiger partial charge in [0.1, 0.15) is 6.10 Å². The Morgan fingerprint density at radius 1 is 0.558 bits per heavy atom. The second-order valence-electron chi connectivity index (χ2n) is 12.4. The molecule has 0 rings (SSSR count). The zero-order valence-corrected chi connectivity index (χ0v) is 28.3. The van der Waals surface area contributed by atoms with Crippen LogP contribution in [0.4, 0.5) is 0 Å². The van der Waals surface area contributed by atoms with Crippen molar-refractivity contribution in [3.8, 4) is 0 Å². The number of rotatable bonds is 32. The fourth-order valence-electron chi connectivity index (χ4n) is 5.27. The third kappa shape index (κ3) is 29.1. The maximum absolute atomic E-state index is 12.4. The third-order valence-corrected chi connectivity index (χ3v) is 8.21. The molecule has 3 unspecified atom stereocenters. The fraction of sp³-hybridized carbons (Fsp3) is 0.816. The Morgan fingerprint density at radius 3 is 1.42 bits per heavy atom. The van der Waals surface area contributed by atoms with Crippen molar-refractivity contribution in [3.63, 3.8) is 0 Å². The molecule has 1 amide bonds. The van der Waals surface area contributed by atoms with Gasteiger partial charge in [0.15, 0.2) is 0 Å². The smallest absolute Gasteiger partial charge is 0.249 e. The summed E-state index contributed by atoms with van der Waals surface area (Å²) in [6, 6.07) is -0.816. The van der Waals surface area contributed by atoms with Crippen LogP contribution in [0, 0.1) is 0 Å². The van der Waals surface area contributed by atoms with Gasteiger partial charge in [-0.1, -0.05) is 166 Å². The van der Waals surface area contributed by atoms with Gasteiger partial charge in [-0.2, -0.15) is 0 Å². The van der Waals surface area contributed by atoms with E-state index in [1.54, 1.807) is 6.08 Å². The van der Waals surface area contributed by atoms with Crippen molar-refractivity contribution in [3.05, 3.63) is 36.5 Å². The summed E-state index contributed by atoms with van der Waals surface area (Å²) in [5.74, 6) is -0.519. The van der Waals surface area contributed by atoms with Crippen LogP contribution in [0.15, 0.2) is 36.5 Å². The Labute approximate surface area is 266 Å². The summed E-state index contributed by atoms with van der Waals surface area (Å²) in [6.07, 6.45) is 40.1. The quantitative estimate of drug-likeness (QED) is 0.0454. The molecular weight excluding hydrogens is 534 g/mol. The normalized spacial score (nSPS) is 14.3. The predicted octanol–water partition coefficient (Wildman–Crippen LogP) is 9.65. The van der Waals surface area contributed by atoms with Gasteiger partial charge < -0.3 is 20.6 Å². The Balaban J connectivity index is 3.84. The van der Waals surface area contributed by atoms with E-state index in [0.29, 0.717) is 6.42 Å². The number of carbonyl (C=O) groups is 1. The second kappa shape index (κ2) is 33.5. The summed E-state index contributed by atoms with van der Waals surface area (Å²) in [4.78, 5) is 12.4. The molecule has 0 fully saturated rings. The Hall–Kier alpha value is -1.43. The zero-order valence-electron chi connectivity index (χ0n) is 28.3. The van der Waals surface area contributed by atoms with Crippen LogP contribution in [0.1, 0.15) is 174 Å². The number of unbranched alkanes of at least 4 members (excludes halogenated alkanes) is 20. The molecule has 0 radical (unpaired) electrons. The molecule has 4 N–H and O–H groups in total. The highest BCUT2D eigenvalue weighted by Gasteiger charge is 2.22. The summed E-state index contributed by atoms with van der Waals surface area (Å²) in [6.45, 7) is 4.13. The minimum atomic E-state index is -1.10. The Kier molecular flexibility index (Phi) is 32.3. The van der Waals surface area contributed by atoms with Gasteiger partial charge >= 0.3 is 0 Å². The molecule has 0 aliphatic heterocycles. The van der Waals surface area contributed by atoms with Crippen molar-refractivity contribution >= 4 is 5.91 Å². The molecule has 43 heavy (non-hydrogen) atoms. The SMILES string of the molecule is CCCCCCCCC/C=C/CC/C=C/CC/C=C/C(O)C(CO)NC(=O)C(O)CCCCCCCCCCCCCC. The average Bonchev–Trinajstić information content (AvgIpc) is 3.01. The number of nitrogens with one attached hydrogen (secondary N) is 1. The van der Waals surface area contributed by atoms with Crippen LogP contribution in [0.25, 0.3) is 0 Å². The summed E-state index contributed by atoms with van der Waals surface area (Å²) in [5.41, 5.74) is 0. The number of allylic oxidation sites excluding steroid dienone is 5. The maximum Gasteiger partial charge on any atom is 0.249 e. The number of hydrogen-bond acceptors (Lipinski definition) is 4. The van der Waals surface area contributed by atoms with Crippen LogP contribution in [-0.2, 0) is 4.79 Å². The van der Waals surface area contributed by atoms with Crippen molar-refractivity contribution in [2.45, 2.75) is 193 Å². The highest BCUT2D eigenvalue weighted by Crippen LogP contribution is 2.13. The largest absolute Gasteiger partial charge is 0.394 e. The van der Waals surface area contributed by atoms with Crippen LogP contribution in [0.5, 0.6) is 0 Å². The lowest BCUT2D eigenvalue weighted by Gasteiger charge is -2.21. The van der Waals surface area contributed by atoms with E-state index < -0.39 is 24.2 Å². The van der Waals surface area contributed by atoms with Gasteiger partial charge in [-0.05, 0) is 44.9 Å². The number of amides is 1. The molecular formula is C38H71NO4. The predicted molar refractivity (Wildman–Crippen MR) is 185 cm³/mol. The molecule has 0 aliphatic rings. The monoisotopic (exact) mass is 606 g/mol. The lowest BCUT2D eigenvalue weighted by molar-refractivity contribution is -0.131. The highest BCUT2D eigenvalue weighted by atomic mass is 16.3. The first-order valence-corrected chi connectivity index (χ1v) is 18.3. The van der Waals surface area contributed by atoms with E-state index in [9.17, 15) is 20.1 Å². The standard InChI is InChI=1S/C38H71NO4/c1-3-5-7-9-11-13-15-17-18-19-20-21-23-24-26-28-30-32-36(41)35(34-40)39-38(43)37(42)33-31-29-27-25-22-16-14-12-10-8-6-4-2/h18-19,23-24,30,32,35-37,40-42H,3-17,20-22,25-29,31,33-34H2,1-2H3,(H,39,43)/b19-18+,24-23+,32-30+. The van der Waals surface area contributed by atoms with E-state index in [1.165, 1.54) is 109 Å². The van der Waals surface area contributed by atoms with Crippen molar-refractivity contribution in [1.29, 1.82) is 0 Å². The molecule has 0 spiro atoms. The fourth-order valence-corrected chi connectivity index (χ4v) is 5.27. The van der Waals surface area contributed by atoms with Gasteiger partial charge in [-0.15, -0.1) is 0 Å². The van der Waals surface area contributed by atoms with Crippen LogP contribution < -0.4 is 5.32 Å². The molecule has 0 saturated carbocycles. The minimum absolute atomic E-state index is 0.380. The Morgan fingerprint density at radius 2 is 0.953 bits per heavy atom. The van der Waals surface area contributed by atoms with Crippen LogP contribution in [0.3, 0.4) is 0 Å². The molecule has 0 aromatic heterocycles. The van der Waals surface area contributed by atoms with E-state index in [1.807, 2.05) is 6.08 Å². The molecule has 0 aromatic rings. The van der Waals surface area contributed by atoms with E-state index in [4.69, 9.17) is 0 Å². The van der Waals surface area contributed by atoms with Gasteiger partial charge in [0.25, 0.3) is 0 Å². The average molecular weight is 606 g/mol. The van der Waals surface area contributed by atoms with Crippen molar-refractivity contribution < 1.29 is 20.1 Å². The van der Waals surface area contributed by atoms with E-state index in [2.05, 4.69) is 43.5 Å². The van der Waals surface area contributed by atoms with Crippen LogP contribution in [-0.4, -0.2) is 46.1 Å². The third-order valence-electron chi connectivity index (χ3n) is 8.21. The zero-order chi connectivity index (χ0) is 31.6. The molecule has 3 atom stereocenters. The maximum atomic E-state index is 12.4. The lowest BCUT2D eigenvalue weighted by atomic mass is 10.0. The van der Waals surface area contributed by atoms with Crippen LogP contribution >= 0.6 is 0 Å². The van der Waals surface area contributed by atoms with Crippen LogP contribution in [0.2, 0.25) is 0 Å². The molecule has 0 aromatic carbocycles. The van der Waals surface area contributed by atoms with Gasteiger partial charge in [0.2, 0.25) is 5.91 Å². The summed E-state index contributed by atoms with van der Waals surface area (Å²) in [7, 11) is 0. The van der Waals surface area contributed by atoms with Gasteiger partial charge in [0.05, 0.1) is 18.8 Å². The molecule has 5 nitrogen and oxygen atoms in total. The molecule has 5 heteroatoms.